The van der Waals surface area contributed by atoms with Gasteiger partial charge in [-0.05, 0) is 26.3 Å². The molecular formula is C12H22O2. The van der Waals surface area contributed by atoms with E-state index in [9.17, 15) is 5.11 Å². The average molecular weight is 198 g/mol. The van der Waals surface area contributed by atoms with Crippen molar-refractivity contribution in [3.8, 4) is 0 Å². The highest BCUT2D eigenvalue weighted by atomic mass is 16.5. The Morgan fingerprint density at radius 2 is 1.86 bits per heavy atom. The molecule has 0 aromatic carbocycles. The summed E-state index contributed by atoms with van der Waals surface area (Å²) < 4.78 is 4.88. The molecule has 0 spiro atoms. The maximum absolute atomic E-state index is 9.77. The Hall–Kier alpha value is -0.760. The van der Waals surface area contributed by atoms with Crippen LogP contribution in [0.2, 0.25) is 0 Å². The summed E-state index contributed by atoms with van der Waals surface area (Å²) >= 11 is 0. The maximum atomic E-state index is 9.77. The van der Waals surface area contributed by atoms with Crippen LogP contribution < -0.4 is 0 Å². The lowest BCUT2D eigenvalue weighted by molar-refractivity contribution is 0.214. The summed E-state index contributed by atoms with van der Waals surface area (Å²) in [5.74, 6) is 0.400. The zero-order chi connectivity index (χ0) is 11.2. The number of hydrogen-bond donors (Lipinski definition) is 1. The minimum Gasteiger partial charge on any atom is -0.512 e. The van der Waals surface area contributed by atoms with Gasteiger partial charge in [0, 0.05) is 12.5 Å². The zero-order valence-corrected chi connectivity index (χ0v) is 9.92. The van der Waals surface area contributed by atoms with Crippen LogP contribution in [-0.4, -0.2) is 18.8 Å². The Labute approximate surface area is 87.3 Å². The predicted molar refractivity (Wildman–Crippen MR) is 60.4 cm³/mol. The molecule has 2 nitrogen and oxygen atoms in total. The Morgan fingerprint density at radius 3 is 2.29 bits per heavy atom. The number of ether oxygens (including phenoxy) is 1. The third-order valence-corrected chi connectivity index (χ3v) is 2.16. The molecule has 2 heteroatoms. The fraction of sp³-hybridized carbons (Fsp3) is 0.667. The summed E-state index contributed by atoms with van der Waals surface area (Å²) in [6.45, 7) is 8.63. The van der Waals surface area contributed by atoms with Gasteiger partial charge in [0.15, 0.2) is 0 Å². The van der Waals surface area contributed by atoms with E-state index in [1.807, 2.05) is 13.8 Å². The van der Waals surface area contributed by atoms with E-state index in [0.717, 1.165) is 6.42 Å². The fourth-order valence-corrected chi connectivity index (χ4v) is 1.00. The summed E-state index contributed by atoms with van der Waals surface area (Å²) in [6.07, 6.45) is 4.71. The van der Waals surface area contributed by atoms with Crippen LogP contribution in [0.4, 0.5) is 0 Å². The van der Waals surface area contributed by atoms with Crippen LogP contribution >= 0.6 is 0 Å². The van der Waals surface area contributed by atoms with Crippen LogP contribution in [0, 0.1) is 5.41 Å². The van der Waals surface area contributed by atoms with E-state index < -0.39 is 0 Å². The normalized spacial score (nSPS) is 12.8. The van der Waals surface area contributed by atoms with Gasteiger partial charge in [0.1, 0.15) is 0 Å². The minimum atomic E-state index is -0.199. The quantitative estimate of drug-likeness (QED) is 0.541. The third-order valence-electron chi connectivity index (χ3n) is 2.16. The number of aliphatic hydroxyl groups is 1. The molecule has 0 bridgehead atoms. The summed E-state index contributed by atoms with van der Waals surface area (Å²) in [6, 6.07) is 0. The monoisotopic (exact) mass is 198 g/mol. The summed E-state index contributed by atoms with van der Waals surface area (Å²) in [5.41, 5.74) is 1.08. The van der Waals surface area contributed by atoms with Gasteiger partial charge in [-0.1, -0.05) is 25.5 Å². The maximum Gasteiger partial charge on any atom is 0.0964 e. The zero-order valence-electron chi connectivity index (χ0n) is 9.92. The molecule has 0 aromatic heterocycles. The molecule has 0 heterocycles. The standard InChI is InChI=1S/C12H22O2/c1-10(2)6-8-12(3,4)11(13)7-9-14-5/h6-7,13H,8-9H2,1-5H3/b11-7+. The van der Waals surface area contributed by atoms with Gasteiger partial charge >= 0.3 is 0 Å². The number of allylic oxidation sites excluding steroid dienone is 3. The topological polar surface area (TPSA) is 29.5 Å². The van der Waals surface area contributed by atoms with Crippen LogP contribution in [0.15, 0.2) is 23.5 Å². The molecule has 0 saturated heterocycles. The van der Waals surface area contributed by atoms with Crippen LogP contribution in [0.5, 0.6) is 0 Å². The van der Waals surface area contributed by atoms with Crippen molar-refractivity contribution in [3.05, 3.63) is 23.5 Å². The lowest BCUT2D eigenvalue weighted by atomic mass is 9.86. The molecule has 0 aromatic rings. The Bertz CT molecular complexity index is 220. The van der Waals surface area contributed by atoms with Gasteiger partial charge in [0.25, 0.3) is 0 Å². The molecule has 14 heavy (non-hydrogen) atoms. The van der Waals surface area contributed by atoms with E-state index in [-0.39, 0.29) is 5.41 Å². The van der Waals surface area contributed by atoms with Crippen molar-refractivity contribution in [2.75, 3.05) is 13.7 Å². The molecule has 0 saturated carbocycles. The molecule has 0 aliphatic rings. The van der Waals surface area contributed by atoms with Crippen molar-refractivity contribution in [1.29, 1.82) is 0 Å². The van der Waals surface area contributed by atoms with Gasteiger partial charge in [0.05, 0.1) is 12.4 Å². The van der Waals surface area contributed by atoms with E-state index in [4.69, 9.17) is 4.74 Å². The predicted octanol–water partition coefficient (Wildman–Crippen LogP) is 3.46. The summed E-state index contributed by atoms with van der Waals surface area (Å²) in [5, 5.41) is 9.77. The van der Waals surface area contributed by atoms with E-state index in [2.05, 4.69) is 19.9 Å². The molecule has 0 aliphatic carbocycles. The molecule has 82 valence electrons. The number of rotatable bonds is 5. The van der Waals surface area contributed by atoms with Gasteiger partial charge < -0.3 is 9.84 Å². The van der Waals surface area contributed by atoms with E-state index in [1.54, 1.807) is 13.2 Å². The fourth-order valence-electron chi connectivity index (χ4n) is 1.00. The Morgan fingerprint density at radius 1 is 1.29 bits per heavy atom. The summed E-state index contributed by atoms with van der Waals surface area (Å²) in [4.78, 5) is 0. The smallest absolute Gasteiger partial charge is 0.0964 e. The molecule has 0 amide bonds. The van der Waals surface area contributed by atoms with Gasteiger partial charge in [0.2, 0.25) is 0 Å². The van der Waals surface area contributed by atoms with E-state index >= 15 is 0 Å². The lowest BCUT2D eigenvalue weighted by Crippen LogP contribution is -2.14. The van der Waals surface area contributed by atoms with Gasteiger partial charge in [-0.15, -0.1) is 0 Å². The SMILES string of the molecule is COC/C=C(/O)C(C)(C)CC=C(C)C. The van der Waals surface area contributed by atoms with E-state index in [1.165, 1.54) is 5.57 Å². The highest BCUT2D eigenvalue weighted by Gasteiger charge is 2.21. The van der Waals surface area contributed by atoms with Gasteiger partial charge in [-0.25, -0.2) is 0 Å². The number of methoxy groups -OCH3 is 1. The van der Waals surface area contributed by atoms with Crippen LogP contribution in [0.1, 0.15) is 34.1 Å². The van der Waals surface area contributed by atoms with Crippen LogP contribution in [0.3, 0.4) is 0 Å². The third kappa shape index (κ3) is 5.07. The number of aliphatic hydroxyl groups excluding tert-OH is 1. The first-order chi connectivity index (χ1) is 6.40. The van der Waals surface area contributed by atoms with Crippen molar-refractivity contribution < 1.29 is 9.84 Å². The summed E-state index contributed by atoms with van der Waals surface area (Å²) in [7, 11) is 1.62. The molecular weight excluding hydrogens is 176 g/mol. The molecule has 0 radical (unpaired) electrons. The molecule has 0 unspecified atom stereocenters. The van der Waals surface area contributed by atoms with Crippen molar-refractivity contribution in [2.24, 2.45) is 5.41 Å². The molecule has 0 rings (SSSR count). The number of hydrogen-bond acceptors (Lipinski definition) is 2. The second-order valence-electron chi connectivity index (χ2n) is 4.41. The molecule has 0 fully saturated rings. The highest BCUT2D eigenvalue weighted by molar-refractivity contribution is 5.08. The first kappa shape index (κ1) is 13.2. The largest absolute Gasteiger partial charge is 0.512 e. The van der Waals surface area contributed by atoms with Crippen molar-refractivity contribution in [3.63, 3.8) is 0 Å². The second-order valence-corrected chi connectivity index (χ2v) is 4.41. The molecule has 0 atom stereocenters. The van der Waals surface area contributed by atoms with Crippen molar-refractivity contribution in [2.45, 2.75) is 34.1 Å². The minimum absolute atomic E-state index is 0.199. The van der Waals surface area contributed by atoms with E-state index in [0.29, 0.717) is 12.4 Å². The van der Waals surface area contributed by atoms with Crippen LogP contribution in [-0.2, 0) is 4.74 Å². The highest BCUT2D eigenvalue weighted by Crippen LogP contribution is 2.29. The first-order valence-electron chi connectivity index (χ1n) is 4.92. The van der Waals surface area contributed by atoms with Gasteiger partial charge in [-0.3, -0.25) is 0 Å². The first-order valence-corrected chi connectivity index (χ1v) is 4.92. The molecule has 0 aliphatic heterocycles. The van der Waals surface area contributed by atoms with Crippen molar-refractivity contribution in [1.82, 2.24) is 0 Å². The van der Waals surface area contributed by atoms with Crippen molar-refractivity contribution >= 4 is 0 Å². The Kier molecular flexibility index (Phi) is 5.55. The lowest BCUT2D eigenvalue weighted by Gasteiger charge is -2.22. The van der Waals surface area contributed by atoms with Crippen LogP contribution in [0.25, 0.3) is 0 Å². The van der Waals surface area contributed by atoms with Gasteiger partial charge in [-0.2, -0.15) is 0 Å². The average Bonchev–Trinajstić information content (AvgIpc) is 2.11. The second kappa shape index (κ2) is 5.86. The molecule has 1 N–H and O–H groups in total. The Balaban J connectivity index is 4.37.